The van der Waals surface area contributed by atoms with E-state index in [4.69, 9.17) is 0 Å². The Labute approximate surface area is 186 Å². The van der Waals surface area contributed by atoms with Crippen LogP contribution in [0.25, 0.3) is 21.3 Å². The van der Waals surface area contributed by atoms with Gasteiger partial charge in [-0.15, -0.1) is 11.3 Å². The number of carbonyl (C=O) groups is 2. The number of para-hydroxylation sites is 1. The predicted octanol–water partition coefficient (Wildman–Crippen LogP) is 4.23. The van der Waals surface area contributed by atoms with E-state index in [9.17, 15) is 18.8 Å². The second-order valence-corrected chi connectivity index (χ2v) is 8.15. The number of amides is 3. The van der Waals surface area contributed by atoms with Gasteiger partial charge in [-0.1, -0.05) is 30.3 Å². The molecule has 4 aromatic rings. The van der Waals surface area contributed by atoms with Crippen LogP contribution < -0.4 is 16.2 Å². The van der Waals surface area contributed by atoms with Crippen molar-refractivity contribution in [2.75, 3.05) is 5.32 Å². The fraction of sp³-hybridized carbons (Fsp3) is 0.130. The summed E-state index contributed by atoms with van der Waals surface area (Å²) < 4.78 is 14.8. The van der Waals surface area contributed by atoms with Crippen molar-refractivity contribution < 1.29 is 14.0 Å². The van der Waals surface area contributed by atoms with Gasteiger partial charge in [-0.2, -0.15) is 0 Å². The van der Waals surface area contributed by atoms with Gasteiger partial charge < -0.3 is 5.32 Å². The second kappa shape index (κ2) is 8.72. The number of imide groups is 1. The van der Waals surface area contributed by atoms with Gasteiger partial charge in [-0.25, -0.2) is 14.2 Å². The van der Waals surface area contributed by atoms with Crippen molar-refractivity contribution in [3.8, 4) is 11.1 Å². The maximum atomic E-state index is 13.6. The zero-order chi connectivity index (χ0) is 22.8. The van der Waals surface area contributed by atoms with Crippen molar-refractivity contribution in [3.63, 3.8) is 0 Å². The third-order valence-electron chi connectivity index (χ3n) is 5.07. The number of nitrogens with one attached hydrogen (secondary N) is 2. The van der Waals surface area contributed by atoms with E-state index in [-0.39, 0.29) is 11.2 Å². The van der Waals surface area contributed by atoms with E-state index < -0.39 is 24.3 Å². The minimum atomic E-state index is -0.895. The van der Waals surface area contributed by atoms with Crippen LogP contribution >= 0.6 is 11.3 Å². The molecule has 2 N–H and O–H groups in total. The summed E-state index contributed by atoms with van der Waals surface area (Å²) in [5.74, 6) is -1.36. The van der Waals surface area contributed by atoms with Crippen LogP contribution in [0.15, 0.2) is 59.0 Å². The standard InChI is InChI=1S/C23H19FN4O3S/c1-13-7-8-15(9-14(13)2)16-11-32-21-20(16)22(30)28(12-25-21)10-19(29)27-23(31)26-18-6-4-3-5-17(18)24/h3-9,11-12H,10H2,1-2H3,(H2,26,27,29,31). The largest absolute Gasteiger partial charge is 0.326 e. The van der Waals surface area contributed by atoms with Crippen LogP contribution in [-0.2, 0) is 11.3 Å². The van der Waals surface area contributed by atoms with E-state index in [1.807, 2.05) is 37.4 Å². The number of anilines is 1. The lowest BCUT2D eigenvalue weighted by Crippen LogP contribution is -2.38. The number of benzene rings is 2. The van der Waals surface area contributed by atoms with Gasteiger partial charge in [0, 0.05) is 10.9 Å². The molecule has 0 bridgehead atoms. The number of halogens is 1. The molecule has 0 radical (unpaired) electrons. The van der Waals surface area contributed by atoms with Crippen LogP contribution in [0.1, 0.15) is 11.1 Å². The van der Waals surface area contributed by atoms with Crippen molar-refractivity contribution in [1.29, 1.82) is 0 Å². The lowest BCUT2D eigenvalue weighted by atomic mass is 10.0. The topological polar surface area (TPSA) is 93.1 Å². The van der Waals surface area contributed by atoms with Gasteiger partial charge >= 0.3 is 6.03 Å². The Kier molecular flexibility index (Phi) is 5.83. The normalized spacial score (nSPS) is 10.8. The van der Waals surface area contributed by atoms with Gasteiger partial charge in [0.15, 0.2) is 0 Å². The maximum absolute atomic E-state index is 13.6. The number of carbonyl (C=O) groups excluding carboxylic acids is 2. The average molecular weight is 450 g/mol. The summed E-state index contributed by atoms with van der Waals surface area (Å²) in [6, 6.07) is 10.6. The molecular formula is C23H19FN4O3S. The van der Waals surface area contributed by atoms with Gasteiger partial charge in [0.2, 0.25) is 5.91 Å². The quantitative estimate of drug-likeness (QED) is 0.487. The molecule has 9 heteroatoms. The summed E-state index contributed by atoms with van der Waals surface area (Å²) >= 11 is 1.35. The highest BCUT2D eigenvalue weighted by Crippen LogP contribution is 2.31. The number of hydrogen-bond donors (Lipinski definition) is 2. The molecule has 3 amide bonds. The smallest absolute Gasteiger partial charge is 0.305 e. The Morgan fingerprint density at radius 1 is 1.12 bits per heavy atom. The number of urea groups is 1. The van der Waals surface area contributed by atoms with Crippen molar-refractivity contribution in [2.45, 2.75) is 20.4 Å². The fourth-order valence-electron chi connectivity index (χ4n) is 3.24. The number of thiophene rings is 1. The maximum Gasteiger partial charge on any atom is 0.326 e. The molecule has 162 valence electrons. The molecule has 0 aliphatic carbocycles. The Hall–Kier alpha value is -3.85. The predicted molar refractivity (Wildman–Crippen MR) is 122 cm³/mol. The first-order valence-electron chi connectivity index (χ1n) is 9.73. The summed E-state index contributed by atoms with van der Waals surface area (Å²) in [6.45, 7) is 3.61. The van der Waals surface area contributed by atoms with Gasteiger partial charge in [-0.3, -0.25) is 19.5 Å². The number of fused-ring (bicyclic) bond motifs is 1. The van der Waals surface area contributed by atoms with Gasteiger partial charge in [-0.05, 0) is 42.7 Å². The van der Waals surface area contributed by atoms with E-state index in [1.54, 1.807) is 6.07 Å². The number of hydrogen-bond acceptors (Lipinski definition) is 5. The fourth-order valence-corrected chi connectivity index (χ4v) is 4.15. The van der Waals surface area contributed by atoms with E-state index in [2.05, 4.69) is 15.6 Å². The lowest BCUT2D eigenvalue weighted by molar-refractivity contribution is -0.120. The van der Waals surface area contributed by atoms with Crippen LogP contribution in [0, 0.1) is 19.7 Å². The number of rotatable bonds is 4. The van der Waals surface area contributed by atoms with Gasteiger partial charge in [0.1, 0.15) is 17.2 Å². The van der Waals surface area contributed by atoms with Gasteiger partial charge in [0.05, 0.1) is 17.4 Å². The van der Waals surface area contributed by atoms with E-state index in [0.29, 0.717) is 10.2 Å². The number of aromatic nitrogens is 2. The molecule has 7 nitrogen and oxygen atoms in total. The highest BCUT2D eigenvalue weighted by molar-refractivity contribution is 7.17. The molecule has 0 aliphatic rings. The van der Waals surface area contributed by atoms with E-state index in [1.165, 1.54) is 35.9 Å². The second-order valence-electron chi connectivity index (χ2n) is 7.29. The molecule has 0 aliphatic heterocycles. The third kappa shape index (κ3) is 4.28. The number of aryl methyl sites for hydroxylation is 2. The third-order valence-corrected chi connectivity index (χ3v) is 5.95. The Balaban J connectivity index is 1.56. The Bertz CT molecular complexity index is 1410. The van der Waals surface area contributed by atoms with Crippen LogP contribution in [0.2, 0.25) is 0 Å². The molecule has 0 atom stereocenters. The van der Waals surface area contributed by atoms with Crippen LogP contribution in [-0.4, -0.2) is 21.5 Å². The first kappa shape index (κ1) is 21.4. The molecule has 0 fully saturated rings. The summed E-state index contributed by atoms with van der Waals surface area (Å²) in [6.07, 6.45) is 1.28. The minimum absolute atomic E-state index is 0.0608. The molecular weight excluding hydrogens is 431 g/mol. The number of nitrogens with zero attached hydrogens (tertiary/aromatic N) is 2. The van der Waals surface area contributed by atoms with E-state index in [0.717, 1.165) is 26.8 Å². The zero-order valence-electron chi connectivity index (χ0n) is 17.3. The summed E-state index contributed by atoms with van der Waals surface area (Å²) in [4.78, 5) is 42.3. The van der Waals surface area contributed by atoms with Crippen LogP contribution in [0.3, 0.4) is 0 Å². The van der Waals surface area contributed by atoms with Crippen molar-refractivity contribution >= 4 is 39.2 Å². The lowest BCUT2D eigenvalue weighted by Gasteiger charge is -2.09. The summed E-state index contributed by atoms with van der Waals surface area (Å²) in [7, 11) is 0. The van der Waals surface area contributed by atoms with Crippen molar-refractivity contribution in [1.82, 2.24) is 14.9 Å². The SMILES string of the molecule is Cc1ccc(-c2csc3ncn(CC(=O)NC(=O)Nc4ccccc4F)c(=O)c23)cc1C. The first-order valence-corrected chi connectivity index (χ1v) is 10.6. The molecule has 2 aromatic carbocycles. The van der Waals surface area contributed by atoms with Crippen molar-refractivity contribution in [3.05, 3.63) is 81.5 Å². The van der Waals surface area contributed by atoms with E-state index >= 15 is 0 Å². The zero-order valence-corrected chi connectivity index (χ0v) is 18.1. The molecule has 0 saturated carbocycles. The molecule has 32 heavy (non-hydrogen) atoms. The Morgan fingerprint density at radius 2 is 1.91 bits per heavy atom. The summed E-state index contributed by atoms with van der Waals surface area (Å²) in [5, 5.41) is 6.64. The molecule has 4 rings (SSSR count). The molecule has 2 heterocycles. The van der Waals surface area contributed by atoms with Crippen LogP contribution in [0.5, 0.6) is 0 Å². The highest BCUT2D eigenvalue weighted by Gasteiger charge is 2.16. The Morgan fingerprint density at radius 3 is 2.66 bits per heavy atom. The highest BCUT2D eigenvalue weighted by atomic mass is 32.1. The van der Waals surface area contributed by atoms with Gasteiger partial charge in [0.25, 0.3) is 5.56 Å². The van der Waals surface area contributed by atoms with Crippen molar-refractivity contribution in [2.24, 2.45) is 0 Å². The monoisotopic (exact) mass is 450 g/mol. The molecule has 0 saturated heterocycles. The molecule has 0 spiro atoms. The summed E-state index contributed by atoms with van der Waals surface area (Å²) in [5.41, 5.74) is 3.45. The van der Waals surface area contributed by atoms with Crippen LogP contribution in [0.4, 0.5) is 14.9 Å². The minimum Gasteiger partial charge on any atom is -0.305 e. The average Bonchev–Trinajstić information content (AvgIpc) is 3.18. The molecule has 2 aromatic heterocycles. The molecule has 0 unspecified atom stereocenters. The first-order chi connectivity index (χ1) is 15.3.